The number of hydrogen-bond acceptors (Lipinski definition) is 6. The quantitative estimate of drug-likeness (QED) is 0.612. The van der Waals surface area contributed by atoms with Crippen LogP contribution in [-0.4, -0.2) is 35.4 Å². The Morgan fingerprint density at radius 3 is 2.65 bits per heavy atom. The first-order valence-corrected chi connectivity index (χ1v) is 6.89. The summed E-state index contributed by atoms with van der Waals surface area (Å²) < 4.78 is 4.07. The third-order valence-electron chi connectivity index (χ3n) is 3.56. The van der Waals surface area contributed by atoms with E-state index in [2.05, 4.69) is 20.5 Å². The van der Waals surface area contributed by atoms with E-state index in [1.54, 1.807) is 17.7 Å². The van der Waals surface area contributed by atoms with Crippen LogP contribution in [0.1, 0.15) is 0 Å². The molecule has 0 atom stereocenters. The molecule has 3 aromatic heterocycles. The number of nitrogens with zero attached hydrogens (tertiary/aromatic N) is 5. The zero-order valence-corrected chi connectivity index (χ0v) is 12.6. The fourth-order valence-corrected chi connectivity index (χ4v) is 2.31. The maximum absolute atomic E-state index is 12.3. The Morgan fingerprint density at radius 2 is 1.96 bits per heavy atom. The largest absolute Gasteiger partial charge is 0.367 e. The van der Waals surface area contributed by atoms with Crippen molar-refractivity contribution in [2.75, 3.05) is 11.9 Å². The Kier molecular flexibility index (Phi) is 3.56. The summed E-state index contributed by atoms with van der Waals surface area (Å²) in [4.78, 5) is 39.2. The Bertz CT molecular complexity index is 1020. The minimum atomic E-state index is -0.414. The topological polar surface area (TPSA) is 120 Å². The molecular weight excluding hydrogens is 302 g/mol. The number of anilines is 1. The smallest absolute Gasteiger partial charge is 0.332 e. The molecule has 2 N–H and O–H groups in total. The van der Waals surface area contributed by atoms with E-state index in [4.69, 9.17) is 0 Å². The molecule has 0 saturated heterocycles. The maximum Gasteiger partial charge on any atom is 0.332 e. The van der Waals surface area contributed by atoms with Crippen LogP contribution in [0, 0.1) is 0 Å². The van der Waals surface area contributed by atoms with E-state index in [9.17, 15) is 14.4 Å². The van der Waals surface area contributed by atoms with Crippen LogP contribution in [-0.2, 0) is 20.6 Å². The van der Waals surface area contributed by atoms with Crippen LogP contribution in [0.4, 0.5) is 5.82 Å². The molecule has 3 rings (SSSR count). The summed E-state index contributed by atoms with van der Waals surface area (Å²) in [5.41, 5.74) is -0.363. The van der Waals surface area contributed by atoms with Gasteiger partial charge in [0.1, 0.15) is 5.82 Å². The van der Waals surface area contributed by atoms with E-state index in [-0.39, 0.29) is 11.1 Å². The molecule has 0 fully saturated rings. The standard InChI is InChI=1S/C13H15N7O3/c1-18-11-10(12(22)19(2)13(18)23)20(7-15-11)6-5-14-8-3-4-9(21)17-16-8/h3-4,7H,5-6H2,1-2H3,(H,14,16)(H,17,21). The number of aryl methyl sites for hydroxylation is 1. The second-order valence-corrected chi connectivity index (χ2v) is 5.05. The summed E-state index contributed by atoms with van der Waals surface area (Å²) in [6.45, 7) is 0.918. The number of aromatic amines is 1. The van der Waals surface area contributed by atoms with Gasteiger partial charge in [-0.3, -0.25) is 18.7 Å². The average molecular weight is 317 g/mol. The van der Waals surface area contributed by atoms with Crippen molar-refractivity contribution < 1.29 is 0 Å². The van der Waals surface area contributed by atoms with Gasteiger partial charge in [0.25, 0.3) is 11.1 Å². The van der Waals surface area contributed by atoms with Gasteiger partial charge in [-0.1, -0.05) is 0 Å². The summed E-state index contributed by atoms with van der Waals surface area (Å²) in [5, 5.41) is 9.18. The Hall–Kier alpha value is -3.17. The van der Waals surface area contributed by atoms with Gasteiger partial charge >= 0.3 is 5.69 Å². The molecule has 0 spiro atoms. The van der Waals surface area contributed by atoms with Gasteiger partial charge in [0.05, 0.1) is 6.33 Å². The molecule has 0 unspecified atom stereocenters. The number of H-pyrrole nitrogens is 1. The minimum absolute atomic E-state index is 0.277. The van der Waals surface area contributed by atoms with Gasteiger partial charge in [0.15, 0.2) is 11.2 Å². The molecule has 10 heteroatoms. The molecule has 10 nitrogen and oxygen atoms in total. The number of rotatable bonds is 4. The molecule has 0 aromatic carbocycles. The zero-order valence-electron chi connectivity index (χ0n) is 12.6. The monoisotopic (exact) mass is 317 g/mol. The van der Waals surface area contributed by atoms with Crippen molar-refractivity contribution in [2.45, 2.75) is 6.54 Å². The van der Waals surface area contributed by atoms with Crippen LogP contribution in [0.2, 0.25) is 0 Å². The minimum Gasteiger partial charge on any atom is -0.367 e. The van der Waals surface area contributed by atoms with Gasteiger partial charge in [0, 0.05) is 33.3 Å². The maximum atomic E-state index is 12.3. The Morgan fingerprint density at radius 1 is 1.17 bits per heavy atom. The summed E-state index contributed by atoms with van der Waals surface area (Å²) >= 11 is 0. The first-order valence-electron chi connectivity index (χ1n) is 6.89. The van der Waals surface area contributed by atoms with Crippen LogP contribution in [0.5, 0.6) is 0 Å². The van der Waals surface area contributed by atoms with E-state index < -0.39 is 5.69 Å². The van der Waals surface area contributed by atoms with Crippen molar-refractivity contribution >= 4 is 17.0 Å². The molecule has 0 radical (unpaired) electrons. The van der Waals surface area contributed by atoms with Crippen molar-refractivity contribution in [3.05, 3.63) is 49.7 Å². The average Bonchev–Trinajstić information content (AvgIpc) is 2.97. The molecule has 3 heterocycles. The van der Waals surface area contributed by atoms with Gasteiger partial charge in [-0.25, -0.2) is 14.9 Å². The summed E-state index contributed by atoms with van der Waals surface area (Å²) in [5.74, 6) is 0.523. The summed E-state index contributed by atoms with van der Waals surface area (Å²) in [6.07, 6.45) is 1.52. The molecular formula is C13H15N7O3. The van der Waals surface area contributed by atoms with Crippen LogP contribution in [0.15, 0.2) is 32.8 Å². The highest BCUT2D eigenvalue weighted by atomic mass is 16.2. The first-order chi connectivity index (χ1) is 11.0. The van der Waals surface area contributed by atoms with Crippen LogP contribution >= 0.6 is 0 Å². The van der Waals surface area contributed by atoms with E-state index >= 15 is 0 Å². The molecule has 120 valence electrons. The zero-order chi connectivity index (χ0) is 16.6. The first kappa shape index (κ1) is 14.8. The summed E-state index contributed by atoms with van der Waals surface area (Å²) in [6, 6.07) is 2.93. The number of imidazole rings is 1. The molecule has 0 aliphatic rings. The highest BCUT2D eigenvalue weighted by Crippen LogP contribution is 2.05. The van der Waals surface area contributed by atoms with Gasteiger partial charge < -0.3 is 9.88 Å². The third kappa shape index (κ3) is 2.54. The number of aromatic nitrogens is 6. The summed E-state index contributed by atoms with van der Waals surface area (Å²) in [7, 11) is 3.01. The molecule has 0 amide bonds. The highest BCUT2D eigenvalue weighted by Gasteiger charge is 2.13. The van der Waals surface area contributed by atoms with E-state index in [0.717, 1.165) is 4.57 Å². The second kappa shape index (κ2) is 5.55. The second-order valence-electron chi connectivity index (χ2n) is 5.05. The van der Waals surface area contributed by atoms with Gasteiger partial charge in [0.2, 0.25) is 0 Å². The third-order valence-corrected chi connectivity index (χ3v) is 3.56. The lowest BCUT2D eigenvalue weighted by Gasteiger charge is -2.08. The number of hydrogen-bond donors (Lipinski definition) is 2. The van der Waals surface area contributed by atoms with Gasteiger partial charge in [-0.2, -0.15) is 5.10 Å². The van der Waals surface area contributed by atoms with E-state index in [1.807, 2.05) is 0 Å². The van der Waals surface area contributed by atoms with Crippen molar-refractivity contribution in [2.24, 2.45) is 14.1 Å². The number of fused-ring (bicyclic) bond motifs is 1. The lowest BCUT2D eigenvalue weighted by atomic mass is 10.4. The van der Waals surface area contributed by atoms with Crippen LogP contribution in [0.3, 0.4) is 0 Å². The fourth-order valence-electron chi connectivity index (χ4n) is 2.31. The normalized spacial score (nSPS) is 11.0. The molecule has 23 heavy (non-hydrogen) atoms. The highest BCUT2D eigenvalue weighted by molar-refractivity contribution is 5.69. The fraction of sp³-hybridized carbons (Fsp3) is 0.308. The van der Waals surface area contributed by atoms with Crippen LogP contribution < -0.4 is 22.1 Å². The predicted molar refractivity (Wildman–Crippen MR) is 83.6 cm³/mol. The molecule has 0 saturated carbocycles. The van der Waals surface area contributed by atoms with Crippen molar-refractivity contribution in [1.82, 2.24) is 28.9 Å². The van der Waals surface area contributed by atoms with Crippen molar-refractivity contribution in [1.29, 1.82) is 0 Å². The van der Waals surface area contributed by atoms with E-state index in [1.165, 1.54) is 24.0 Å². The Labute approximate surface area is 129 Å². The molecule has 3 aromatic rings. The SMILES string of the molecule is Cn1c(=O)c2c(ncn2CCNc2ccc(=O)[nH]n2)n(C)c1=O. The van der Waals surface area contributed by atoms with Crippen LogP contribution in [0.25, 0.3) is 11.2 Å². The number of nitrogens with one attached hydrogen (secondary N) is 2. The molecule has 0 bridgehead atoms. The lowest BCUT2D eigenvalue weighted by Crippen LogP contribution is -2.37. The van der Waals surface area contributed by atoms with Gasteiger partial charge in [-0.05, 0) is 6.07 Å². The molecule has 0 aliphatic carbocycles. The van der Waals surface area contributed by atoms with E-state index in [0.29, 0.717) is 30.1 Å². The van der Waals surface area contributed by atoms with Crippen molar-refractivity contribution in [3.63, 3.8) is 0 Å². The van der Waals surface area contributed by atoms with Crippen molar-refractivity contribution in [3.8, 4) is 0 Å². The lowest BCUT2D eigenvalue weighted by molar-refractivity contribution is 0.694. The Balaban J connectivity index is 1.87. The predicted octanol–water partition coefficient (Wildman–Crippen LogP) is -1.37. The molecule has 0 aliphatic heterocycles. The van der Waals surface area contributed by atoms with Gasteiger partial charge in [-0.15, -0.1) is 0 Å².